The van der Waals surface area contributed by atoms with Crippen LogP contribution < -0.4 is 15.9 Å². The summed E-state index contributed by atoms with van der Waals surface area (Å²) in [4.78, 5) is 38.0. The number of fused-ring (bicyclic) bond motifs is 2. The lowest BCUT2D eigenvalue weighted by Crippen LogP contribution is -2.26. The van der Waals surface area contributed by atoms with E-state index in [1.165, 1.54) is 17.9 Å². The highest BCUT2D eigenvalue weighted by Crippen LogP contribution is 2.23. The number of unbranched alkanes of at least 4 members (excludes halogenated alkanes) is 3. The second-order valence-corrected chi connectivity index (χ2v) is 8.01. The first-order valence-electron chi connectivity index (χ1n) is 11.3. The highest BCUT2D eigenvalue weighted by Gasteiger charge is 2.19. The van der Waals surface area contributed by atoms with Crippen LogP contribution in [0.1, 0.15) is 48.7 Å². The predicted octanol–water partition coefficient (Wildman–Crippen LogP) is 4.45. The van der Waals surface area contributed by atoms with E-state index in [1.807, 2.05) is 0 Å². The molecule has 0 amide bonds. The molecule has 8 heteroatoms. The number of esters is 1. The fraction of sp³-hybridized carbons (Fsp3) is 0.308. The van der Waals surface area contributed by atoms with Gasteiger partial charge in [-0.15, -0.1) is 0 Å². The van der Waals surface area contributed by atoms with Gasteiger partial charge in [0.1, 0.15) is 17.9 Å². The van der Waals surface area contributed by atoms with E-state index in [-0.39, 0.29) is 17.9 Å². The quantitative estimate of drug-likeness (QED) is 0.206. The predicted molar refractivity (Wildman–Crippen MR) is 128 cm³/mol. The normalized spacial score (nSPS) is 11.1. The number of aryl methyl sites for hydroxylation is 1. The molecule has 2 heterocycles. The summed E-state index contributed by atoms with van der Waals surface area (Å²) in [7, 11) is 1.52. The number of nitrogens with zero attached hydrogens (tertiary/aromatic N) is 2. The number of carbonyl (C=O) groups is 1. The Bertz CT molecular complexity index is 1450. The molecule has 34 heavy (non-hydrogen) atoms. The molecule has 0 atom stereocenters. The van der Waals surface area contributed by atoms with E-state index in [0.717, 1.165) is 25.7 Å². The molecular formula is C26H26N2O6. The van der Waals surface area contributed by atoms with Crippen LogP contribution in [0.3, 0.4) is 0 Å². The Kier molecular flexibility index (Phi) is 7.06. The molecule has 4 aromatic rings. The Labute approximate surface area is 195 Å². The van der Waals surface area contributed by atoms with Gasteiger partial charge in [0.25, 0.3) is 5.56 Å². The molecule has 2 aromatic heterocycles. The van der Waals surface area contributed by atoms with Gasteiger partial charge in [0.15, 0.2) is 5.69 Å². The van der Waals surface area contributed by atoms with Crippen LogP contribution >= 0.6 is 0 Å². The maximum Gasteiger partial charge on any atom is 0.359 e. The van der Waals surface area contributed by atoms with Gasteiger partial charge in [0.2, 0.25) is 0 Å². The summed E-state index contributed by atoms with van der Waals surface area (Å²) in [6.07, 6.45) is 3.92. The molecular weight excluding hydrogens is 436 g/mol. The number of aromatic nitrogens is 2. The SMILES string of the molecule is CCCCCCn1nc(C(=O)OCc2cc(=O)oc3cc(OC)ccc23)c2ccccc2c1=O. The van der Waals surface area contributed by atoms with Gasteiger partial charge in [-0.2, -0.15) is 5.10 Å². The van der Waals surface area contributed by atoms with Gasteiger partial charge in [0.05, 0.1) is 12.5 Å². The standard InChI is InChI=1S/C26H26N2O6/c1-3-4-5-8-13-28-25(30)21-10-7-6-9-20(21)24(27-28)26(31)33-16-17-14-23(29)34-22-15-18(32-2)11-12-19(17)22/h6-7,9-12,14-15H,3-5,8,13,16H2,1-2H3. The van der Waals surface area contributed by atoms with Crippen LogP contribution in [0.4, 0.5) is 0 Å². The van der Waals surface area contributed by atoms with Crippen LogP contribution in [-0.4, -0.2) is 22.9 Å². The first-order valence-corrected chi connectivity index (χ1v) is 11.3. The van der Waals surface area contributed by atoms with Gasteiger partial charge in [-0.3, -0.25) is 4.79 Å². The molecule has 4 rings (SSSR count). The molecule has 0 aliphatic rings. The highest BCUT2D eigenvalue weighted by molar-refractivity contribution is 6.02. The maximum absolute atomic E-state index is 13.1. The summed E-state index contributed by atoms with van der Waals surface area (Å²) in [5, 5.41) is 5.83. The van der Waals surface area contributed by atoms with Crippen LogP contribution in [0.5, 0.6) is 5.75 Å². The van der Waals surface area contributed by atoms with Crippen molar-refractivity contribution < 1.29 is 18.7 Å². The molecule has 176 valence electrons. The van der Waals surface area contributed by atoms with Gasteiger partial charge in [-0.05, 0) is 24.6 Å². The van der Waals surface area contributed by atoms with Gasteiger partial charge in [-0.1, -0.05) is 44.4 Å². The number of hydrogen-bond acceptors (Lipinski definition) is 7. The van der Waals surface area contributed by atoms with Crippen molar-refractivity contribution in [1.29, 1.82) is 0 Å². The van der Waals surface area contributed by atoms with Crippen LogP contribution in [-0.2, 0) is 17.9 Å². The third kappa shape index (κ3) is 4.85. The van der Waals surface area contributed by atoms with Crippen molar-refractivity contribution in [3.63, 3.8) is 0 Å². The lowest BCUT2D eigenvalue weighted by molar-refractivity contribution is 0.0466. The summed E-state index contributed by atoms with van der Waals surface area (Å²) in [6.45, 7) is 2.39. The Morgan fingerprint density at radius 1 is 1.00 bits per heavy atom. The zero-order chi connectivity index (χ0) is 24.1. The molecule has 0 bridgehead atoms. The molecule has 0 aliphatic carbocycles. The van der Waals surface area contributed by atoms with E-state index in [9.17, 15) is 14.4 Å². The smallest absolute Gasteiger partial charge is 0.359 e. The minimum Gasteiger partial charge on any atom is -0.497 e. The number of ether oxygens (including phenoxy) is 2. The lowest BCUT2D eigenvalue weighted by Gasteiger charge is -2.12. The third-order valence-corrected chi connectivity index (χ3v) is 5.68. The molecule has 0 saturated carbocycles. The van der Waals surface area contributed by atoms with E-state index in [4.69, 9.17) is 13.9 Å². The highest BCUT2D eigenvalue weighted by atomic mass is 16.5. The van der Waals surface area contributed by atoms with Crippen molar-refractivity contribution in [3.05, 3.63) is 80.6 Å². The lowest BCUT2D eigenvalue weighted by atomic mass is 10.1. The van der Waals surface area contributed by atoms with E-state index in [2.05, 4.69) is 12.0 Å². The number of carbonyl (C=O) groups excluding carboxylic acids is 1. The van der Waals surface area contributed by atoms with E-state index in [0.29, 0.717) is 39.6 Å². The van der Waals surface area contributed by atoms with Crippen molar-refractivity contribution in [2.75, 3.05) is 7.11 Å². The molecule has 8 nitrogen and oxygen atoms in total. The van der Waals surface area contributed by atoms with E-state index >= 15 is 0 Å². The van der Waals surface area contributed by atoms with Crippen LogP contribution in [0, 0.1) is 0 Å². The summed E-state index contributed by atoms with van der Waals surface area (Å²) < 4.78 is 17.3. The molecule has 2 aromatic carbocycles. The number of methoxy groups -OCH3 is 1. The third-order valence-electron chi connectivity index (χ3n) is 5.68. The molecule has 0 N–H and O–H groups in total. The Morgan fingerprint density at radius 3 is 2.56 bits per heavy atom. The Morgan fingerprint density at radius 2 is 1.79 bits per heavy atom. The number of rotatable bonds is 9. The Balaban J connectivity index is 1.64. The number of benzene rings is 2. The first kappa shape index (κ1) is 23.2. The monoisotopic (exact) mass is 462 g/mol. The summed E-state index contributed by atoms with van der Waals surface area (Å²) in [5.74, 6) is -0.130. The second kappa shape index (κ2) is 10.3. The average molecular weight is 463 g/mol. The zero-order valence-corrected chi connectivity index (χ0v) is 19.2. The molecule has 0 saturated heterocycles. The van der Waals surface area contributed by atoms with Crippen LogP contribution in [0.15, 0.2) is 62.5 Å². The molecule has 0 aliphatic heterocycles. The summed E-state index contributed by atoms with van der Waals surface area (Å²) in [5.41, 5.74) is 0.112. The van der Waals surface area contributed by atoms with Gasteiger partial charge in [0, 0.05) is 35.0 Å². The zero-order valence-electron chi connectivity index (χ0n) is 19.2. The average Bonchev–Trinajstić information content (AvgIpc) is 2.85. The fourth-order valence-corrected chi connectivity index (χ4v) is 3.89. The van der Waals surface area contributed by atoms with Crippen molar-refractivity contribution in [1.82, 2.24) is 9.78 Å². The first-order chi connectivity index (χ1) is 16.5. The van der Waals surface area contributed by atoms with Gasteiger partial charge in [-0.25, -0.2) is 14.3 Å². The number of hydrogen-bond donors (Lipinski definition) is 0. The van der Waals surface area contributed by atoms with Crippen molar-refractivity contribution in [2.45, 2.75) is 45.8 Å². The van der Waals surface area contributed by atoms with E-state index < -0.39 is 11.6 Å². The topological polar surface area (TPSA) is 101 Å². The second-order valence-electron chi connectivity index (χ2n) is 8.01. The van der Waals surface area contributed by atoms with Crippen LogP contribution in [0.2, 0.25) is 0 Å². The molecule has 0 unspecified atom stereocenters. The fourth-order valence-electron chi connectivity index (χ4n) is 3.89. The van der Waals surface area contributed by atoms with Gasteiger partial charge < -0.3 is 13.9 Å². The Hall–Kier alpha value is -3.94. The maximum atomic E-state index is 13.1. The molecule has 0 radical (unpaired) electrons. The minimum absolute atomic E-state index is 0.0691. The minimum atomic E-state index is -0.673. The largest absolute Gasteiger partial charge is 0.497 e. The van der Waals surface area contributed by atoms with Gasteiger partial charge >= 0.3 is 11.6 Å². The van der Waals surface area contributed by atoms with Crippen molar-refractivity contribution in [2.24, 2.45) is 0 Å². The van der Waals surface area contributed by atoms with E-state index in [1.54, 1.807) is 42.5 Å². The summed E-state index contributed by atoms with van der Waals surface area (Å²) in [6, 6.07) is 13.2. The van der Waals surface area contributed by atoms with Crippen molar-refractivity contribution in [3.8, 4) is 5.75 Å². The van der Waals surface area contributed by atoms with Crippen LogP contribution in [0.25, 0.3) is 21.7 Å². The molecule has 0 fully saturated rings. The summed E-state index contributed by atoms with van der Waals surface area (Å²) >= 11 is 0. The van der Waals surface area contributed by atoms with Crippen molar-refractivity contribution >= 4 is 27.7 Å². The molecule has 0 spiro atoms.